The lowest BCUT2D eigenvalue weighted by molar-refractivity contribution is -0.113. The second-order valence-electron chi connectivity index (χ2n) is 5.81. The molecule has 0 bridgehead atoms. The fraction of sp³-hybridized carbons (Fsp3) is 0.263. The number of nitrogens with one attached hydrogen (secondary N) is 2. The Kier molecular flexibility index (Phi) is 7.01. The van der Waals surface area contributed by atoms with Crippen LogP contribution in [0.15, 0.2) is 48.5 Å². The summed E-state index contributed by atoms with van der Waals surface area (Å²) in [6.07, 6.45) is 0. The van der Waals surface area contributed by atoms with Gasteiger partial charge in [0.05, 0.1) is 17.0 Å². The number of carbonyl (C=O) groups excluding carboxylic acids is 2. The molecule has 2 N–H and O–H groups in total. The molecule has 2 aromatic rings. The van der Waals surface area contributed by atoms with Crippen molar-refractivity contribution in [2.45, 2.75) is 25.6 Å². The van der Waals surface area contributed by atoms with Gasteiger partial charge in [-0.25, -0.2) is 4.39 Å². The van der Waals surface area contributed by atoms with Crippen LogP contribution in [0.1, 0.15) is 29.8 Å². The smallest absolute Gasteiger partial charge is 0.253 e. The summed E-state index contributed by atoms with van der Waals surface area (Å²) in [4.78, 5) is 24.3. The molecule has 2 amide bonds. The summed E-state index contributed by atoms with van der Waals surface area (Å²) in [6.45, 7) is 3.75. The van der Waals surface area contributed by atoms with Gasteiger partial charge in [-0.15, -0.1) is 11.8 Å². The maximum atomic E-state index is 13.5. The Bertz CT molecular complexity index is 750. The zero-order chi connectivity index (χ0) is 18.2. The molecule has 2 aromatic carbocycles. The van der Waals surface area contributed by atoms with Crippen LogP contribution in [-0.4, -0.2) is 23.6 Å². The highest BCUT2D eigenvalue weighted by Gasteiger charge is 2.14. The first-order valence-electron chi connectivity index (χ1n) is 7.98. The molecule has 6 heteroatoms. The lowest BCUT2D eigenvalue weighted by Gasteiger charge is -2.13. The Balaban J connectivity index is 1.92. The number of amides is 2. The van der Waals surface area contributed by atoms with Crippen molar-refractivity contribution in [3.63, 3.8) is 0 Å². The van der Waals surface area contributed by atoms with Crippen molar-refractivity contribution < 1.29 is 14.0 Å². The number of para-hydroxylation sites is 1. The van der Waals surface area contributed by atoms with Crippen LogP contribution in [0.25, 0.3) is 0 Å². The molecule has 132 valence electrons. The fourth-order valence-corrected chi connectivity index (χ4v) is 3.00. The van der Waals surface area contributed by atoms with Crippen molar-refractivity contribution >= 4 is 29.3 Å². The van der Waals surface area contributed by atoms with Gasteiger partial charge in [-0.05, 0) is 37.6 Å². The van der Waals surface area contributed by atoms with Crippen LogP contribution in [0.4, 0.5) is 10.1 Å². The van der Waals surface area contributed by atoms with E-state index in [0.717, 1.165) is 0 Å². The molecule has 2 rings (SSSR count). The molecule has 4 nitrogen and oxygen atoms in total. The van der Waals surface area contributed by atoms with E-state index in [4.69, 9.17) is 0 Å². The summed E-state index contributed by atoms with van der Waals surface area (Å²) in [7, 11) is 0. The van der Waals surface area contributed by atoms with Gasteiger partial charge in [0, 0.05) is 11.8 Å². The highest BCUT2D eigenvalue weighted by molar-refractivity contribution is 7.99. The molecule has 0 saturated carbocycles. The Hall–Kier alpha value is -2.34. The maximum absolute atomic E-state index is 13.5. The van der Waals surface area contributed by atoms with E-state index in [1.807, 2.05) is 13.8 Å². The quantitative estimate of drug-likeness (QED) is 0.789. The van der Waals surface area contributed by atoms with Gasteiger partial charge in [-0.3, -0.25) is 9.59 Å². The number of rotatable bonds is 7. The predicted molar refractivity (Wildman–Crippen MR) is 100 cm³/mol. The standard InChI is InChI=1S/C19H21FN2O2S/c1-13(2)21-19(24)15-8-4-6-10-17(15)22-18(23)12-25-11-14-7-3-5-9-16(14)20/h3-10,13H,11-12H2,1-2H3,(H,21,24)(H,22,23). The summed E-state index contributed by atoms with van der Waals surface area (Å²) in [5, 5.41) is 5.56. The number of thioether (sulfide) groups is 1. The topological polar surface area (TPSA) is 58.2 Å². The number of hydrogen-bond acceptors (Lipinski definition) is 3. The van der Waals surface area contributed by atoms with Crippen LogP contribution in [0.3, 0.4) is 0 Å². The first kappa shape index (κ1) is 19.0. The van der Waals surface area contributed by atoms with E-state index in [9.17, 15) is 14.0 Å². The number of benzene rings is 2. The van der Waals surface area contributed by atoms with Crippen LogP contribution >= 0.6 is 11.8 Å². The molecule has 0 spiro atoms. The fourth-order valence-electron chi connectivity index (χ4n) is 2.19. The minimum Gasteiger partial charge on any atom is -0.350 e. The van der Waals surface area contributed by atoms with Crippen LogP contribution < -0.4 is 10.6 Å². The van der Waals surface area contributed by atoms with Crippen molar-refractivity contribution in [2.24, 2.45) is 0 Å². The third-order valence-corrected chi connectivity index (χ3v) is 4.30. The van der Waals surface area contributed by atoms with E-state index in [2.05, 4.69) is 10.6 Å². The molecule has 0 saturated heterocycles. The van der Waals surface area contributed by atoms with Gasteiger partial charge in [0.25, 0.3) is 5.91 Å². The number of halogens is 1. The Morgan fingerprint density at radius 2 is 1.76 bits per heavy atom. The van der Waals surface area contributed by atoms with Crippen molar-refractivity contribution in [3.8, 4) is 0 Å². The van der Waals surface area contributed by atoms with E-state index in [1.54, 1.807) is 42.5 Å². The normalized spacial score (nSPS) is 10.6. The van der Waals surface area contributed by atoms with Crippen molar-refractivity contribution in [1.82, 2.24) is 5.32 Å². The van der Waals surface area contributed by atoms with E-state index >= 15 is 0 Å². The van der Waals surface area contributed by atoms with Gasteiger partial charge in [0.2, 0.25) is 5.91 Å². The average molecular weight is 360 g/mol. The van der Waals surface area contributed by atoms with Gasteiger partial charge < -0.3 is 10.6 Å². The minimum absolute atomic E-state index is 0.00702. The number of hydrogen-bond donors (Lipinski definition) is 2. The van der Waals surface area contributed by atoms with Gasteiger partial charge in [-0.1, -0.05) is 30.3 Å². The van der Waals surface area contributed by atoms with Gasteiger partial charge in [0.15, 0.2) is 0 Å². The molecule has 0 aromatic heterocycles. The SMILES string of the molecule is CC(C)NC(=O)c1ccccc1NC(=O)CSCc1ccccc1F. The molecular weight excluding hydrogens is 339 g/mol. The van der Waals surface area contributed by atoms with Gasteiger partial charge >= 0.3 is 0 Å². The highest BCUT2D eigenvalue weighted by Crippen LogP contribution is 2.18. The predicted octanol–water partition coefficient (Wildman–Crippen LogP) is 3.84. The monoisotopic (exact) mass is 360 g/mol. The molecule has 25 heavy (non-hydrogen) atoms. The number of anilines is 1. The average Bonchev–Trinajstić information content (AvgIpc) is 2.56. The molecule has 0 atom stereocenters. The van der Waals surface area contributed by atoms with Gasteiger partial charge in [0.1, 0.15) is 5.82 Å². The summed E-state index contributed by atoms with van der Waals surface area (Å²) >= 11 is 1.32. The minimum atomic E-state index is -0.272. The van der Waals surface area contributed by atoms with Gasteiger partial charge in [-0.2, -0.15) is 0 Å². The molecule has 0 aliphatic heterocycles. The molecule has 0 aliphatic rings. The second-order valence-corrected chi connectivity index (χ2v) is 6.79. The molecule has 0 radical (unpaired) electrons. The lowest BCUT2D eigenvalue weighted by atomic mass is 10.1. The first-order chi connectivity index (χ1) is 12.0. The lowest BCUT2D eigenvalue weighted by Crippen LogP contribution is -2.31. The van der Waals surface area contributed by atoms with Crippen LogP contribution in [0.2, 0.25) is 0 Å². The Morgan fingerprint density at radius 1 is 1.08 bits per heavy atom. The summed E-state index contributed by atoms with van der Waals surface area (Å²) < 4.78 is 13.5. The summed E-state index contributed by atoms with van der Waals surface area (Å²) in [6, 6.07) is 13.4. The maximum Gasteiger partial charge on any atom is 0.253 e. The highest BCUT2D eigenvalue weighted by atomic mass is 32.2. The summed E-state index contributed by atoms with van der Waals surface area (Å²) in [5.41, 5.74) is 1.46. The van der Waals surface area contributed by atoms with E-state index in [1.165, 1.54) is 17.8 Å². The Labute approximate surface area is 151 Å². The number of carbonyl (C=O) groups is 2. The van der Waals surface area contributed by atoms with Crippen molar-refractivity contribution in [1.29, 1.82) is 0 Å². The molecular formula is C19H21FN2O2S. The third kappa shape index (κ3) is 5.90. The Morgan fingerprint density at radius 3 is 2.48 bits per heavy atom. The van der Waals surface area contributed by atoms with Crippen molar-refractivity contribution in [3.05, 3.63) is 65.5 Å². The zero-order valence-corrected chi connectivity index (χ0v) is 15.0. The largest absolute Gasteiger partial charge is 0.350 e. The molecule has 0 heterocycles. The van der Waals surface area contributed by atoms with Crippen molar-refractivity contribution in [2.75, 3.05) is 11.1 Å². The van der Waals surface area contributed by atoms with Crippen LogP contribution in [0.5, 0.6) is 0 Å². The van der Waals surface area contributed by atoms with Crippen LogP contribution in [0, 0.1) is 5.82 Å². The van der Waals surface area contributed by atoms with E-state index in [0.29, 0.717) is 22.6 Å². The van der Waals surface area contributed by atoms with E-state index in [-0.39, 0.29) is 29.4 Å². The zero-order valence-electron chi connectivity index (χ0n) is 14.2. The molecule has 0 fully saturated rings. The third-order valence-electron chi connectivity index (χ3n) is 3.31. The molecule has 0 unspecified atom stereocenters. The molecule has 0 aliphatic carbocycles. The first-order valence-corrected chi connectivity index (χ1v) is 9.13. The van der Waals surface area contributed by atoms with E-state index < -0.39 is 0 Å². The summed E-state index contributed by atoms with van der Waals surface area (Å²) in [5.74, 6) is -0.147. The van der Waals surface area contributed by atoms with Crippen LogP contribution in [-0.2, 0) is 10.5 Å². The second kappa shape index (κ2) is 9.22.